The van der Waals surface area contributed by atoms with Gasteiger partial charge in [-0.15, -0.1) is 0 Å². The Hall–Kier alpha value is -1.39. The number of carbonyl (C=O) groups is 1. The lowest BCUT2D eigenvalue weighted by atomic mass is 10.0. The lowest BCUT2D eigenvalue weighted by molar-refractivity contribution is -0.134. The van der Waals surface area contributed by atoms with Crippen molar-refractivity contribution in [3.8, 4) is 0 Å². The second-order valence-corrected chi connectivity index (χ2v) is 6.69. The normalized spacial score (nSPS) is 22.0. The summed E-state index contributed by atoms with van der Waals surface area (Å²) in [7, 11) is 0. The SMILES string of the molecule is Cc1ccc(C(N)C(=O)N2CCC(N3CCCC3)CC2)cc1. The van der Waals surface area contributed by atoms with Gasteiger partial charge < -0.3 is 15.5 Å². The minimum Gasteiger partial charge on any atom is -0.341 e. The van der Waals surface area contributed by atoms with Gasteiger partial charge in [0.1, 0.15) is 6.04 Å². The Bertz CT molecular complexity index is 500. The summed E-state index contributed by atoms with van der Waals surface area (Å²) >= 11 is 0. The Morgan fingerprint density at radius 3 is 2.27 bits per heavy atom. The zero-order chi connectivity index (χ0) is 15.5. The average molecular weight is 301 g/mol. The number of hydrogen-bond donors (Lipinski definition) is 1. The van der Waals surface area contributed by atoms with Gasteiger partial charge in [0, 0.05) is 19.1 Å². The quantitative estimate of drug-likeness (QED) is 0.930. The van der Waals surface area contributed by atoms with E-state index in [0.717, 1.165) is 31.5 Å². The van der Waals surface area contributed by atoms with E-state index in [1.165, 1.54) is 31.5 Å². The number of piperidine rings is 1. The molecule has 2 N–H and O–H groups in total. The maximum Gasteiger partial charge on any atom is 0.244 e. The number of rotatable bonds is 3. The van der Waals surface area contributed by atoms with Crippen LogP contribution in [-0.4, -0.2) is 47.9 Å². The number of likely N-dealkylation sites (tertiary alicyclic amines) is 2. The summed E-state index contributed by atoms with van der Waals surface area (Å²) in [5.74, 6) is 0.0729. The first-order valence-electron chi connectivity index (χ1n) is 8.50. The molecule has 22 heavy (non-hydrogen) atoms. The van der Waals surface area contributed by atoms with Crippen LogP contribution in [0.25, 0.3) is 0 Å². The van der Waals surface area contributed by atoms with Crippen molar-refractivity contribution in [2.24, 2.45) is 5.73 Å². The highest BCUT2D eigenvalue weighted by molar-refractivity contribution is 5.83. The molecule has 1 aromatic carbocycles. The molecule has 2 aliphatic heterocycles. The topological polar surface area (TPSA) is 49.6 Å². The third-order valence-electron chi connectivity index (χ3n) is 5.14. The van der Waals surface area contributed by atoms with Crippen LogP contribution in [0, 0.1) is 6.92 Å². The monoisotopic (exact) mass is 301 g/mol. The molecule has 0 bridgehead atoms. The van der Waals surface area contributed by atoms with Crippen molar-refractivity contribution in [3.05, 3.63) is 35.4 Å². The van der Waals surface area contributed by atoms with Crippen LogP contribution in [0.15, 0.2) is 24.3 Å². The van der Waals surface area contributed by atoms with E-state index in [1.807, 2.05) is 36.1 Å². The first kappa shape index (κ1) is 15.5. The Balaban J connectivity index is 1.55. The number of amides is 1. The fraction of sp³-hybridized carbons (Fsp3) is 0.611. The van der Waals surface area contributed by atoms with Crippen LogP contribution in [0.4, 0.5) is 0 Å². The molecule has 1 atom stereocenters. The molecule has 0 spiro atoms. The van der Waals surface area contributed by atoms with Gasteiger partial charge in [0.05, 0.1) is 0 Å². The van der Waals surface area contributed by atoms with Crippen molar-refractivity contribution < 1.29 is 4.79 Å². The van der Waals surface area contributed by atoms with E-state index in [4.69, 9.17) is 5.73 Å². The number of carbonyl (C=O) groups excluding carboxylic acids is 1. The summed E-state index contributed by atoms with van der Waals surface area (Å²) in [6.07, 6.45) is 4.84. The van der Waals surface area contributed by atoms with Crippen LogP contribution < -0.4 is 5.73 Å². The van der Waals surface area contributed by atoms with Crippen molar-refractivity contribution in [1.29, 1.82) is 0 Å². The molecule has 1 amide bonds. The van der Waals surface area contributed by atoms with Gasteiger partial charge in [-0.05, 0) is 51.3 Å². The number of nitrogens with two attached hydrogens (primary N) is 1. The predicted molar refractivity (Wildman–Crippen MR) is 88.5 cm³/mol. The molecular weight excluding hydrogens is 274 g/mol. The molecule has 2 saturated heterocycles. The molecule has 2 aliphatic rings. The smallest absolute Gasteiger partial charge is 0.244 e. The number of nitrogens with zero attached hydrogens (tertiary/aromatic N) is 2. The van der Waals surface area contributed by atoms with E-state index < -0.39 is 6.04 Å². The summed E-state index contributed by atoms with van der Waals surface area (Å²) in [6, 6.07) is 8.11. The van der Waals surface area contributed by atoms with Crippen LogP contribution in [-0.2, 0) is 4.79 Å². The molecule has 2 fully saturated rings. The zero-order valence-electron chi connectivity index (χ0n) is 13.5. The third-order valence-corrected chi connectivity index (χ3v) is 5.14. The molecule has 4 nitrogen and oxygen atoms in total. The van der Waals surface area contributed by atoms with Crippen LogP contribution in [0.1, 0.15) is 42.9 Å². The Labute approximate surface area is 133 Å². The van der Waals surface area contributed by atoms with Gasteiger partial charge in [-0.3, -0.25) is 4.79 Å². The van der Waals surface area contributed by atoms with Crippen molar-refractivity contribution >= 4 is 5.91 Å². The summed E-state index contributed by atoms with van der Waals surface area (Å²) in [5.41, 5.74) is 8.28. The lowest BCUT2D eigenvalue weighted by Gasteiger charge is -2.37. The van der Waals surface area contributed by atoms with Gasteiger partial charge in [-0.2, -0.15) is 0 Å². The fourth-order valence-corrected chi connectivity index (χ4v) is 3.67. The van der Waals surface area contributed by atoms with E-state index in [2.05, 4.69) is 4.90 Å². The molecule has 120 valence electrons. The number of aryl methyl sites for hydroxylation is 1. The Kier molecular flexibility index (Phi) is 4.79. The van der Waals surface area contributed by atoms with E-state index in [0.29, 0.717) is 6.04 Å². The lowest BCUT2D eigenvalue weighted by Crippen LogP contribution is -2.48. The van der Waals surface area contributed by atoms with Gasteiger partial charge in [0.15, 0.2) is 0 Å². The fourth-order valence-electron chi connectivity index (χ4n) is 3.67. The van der Waals surface area contributed by atoms with Gasteiger partial charge >= 0.3 is 0 Å². The van der Waals surface area contributed by atoms with E-state index in [-0.39, 0.29) is 5.91 Å². The maximum absolute atomic E-state index is 12.6. The van der Waals surface area contributed by atoms with E-state index in [1.54, 1.807) is 0 Å². The molecule has 1 aromatic rings. The highest BCUT2D eigenvalue weighted by Gasteiger charge is 2.30. The summed E-state index contributed by atoms with van der Waals surface area (Å²) in [6.45, 7) is 6.21. The van der Waals surface area contributed by atoms with E-state index >= 15 is 0 Å². The van der Waals surface area contributed by atoms with Gasteiger partial charge in [-0.25, -0.2) is 0 Å². The van der Waals surface area contributed by atoms with Gasteiger partial charge in [0.25, 0.3) is 0 Å². The first-order chi connectivity index (χ1) is 10.6. The summed E-state index contributed by atoms with van der Waals surface area (Å²) < 4.78 is 0. The van der Waals surface area contributed by atoms with Crippen molar-refractivity contribution in [2.45, 2.75) is 44.7 Å². The minimum atomic E-state index is -0.524. The number of hydrogen-bond acceptors (Lipinski definition) is 3. The maximum atomic E-state index is 12.6. The molecular formula is C18H27N3O. The van der Waals surface area contributed by atoms with E-state index in [9.17, 15) is 4.79 Å². The molecule has 0 radical (unpaired) electrons. The molecule has 1 unspecified atom stereocenters. The Morgan fingerprint density at radius 2 is 1.68 bits per heavy atom. The summed E-state index contributed by atoms with van der Waals surface area (Å²) in [5, 5.41) is 0. The van der Waals surface area contributed by atoms with Crippen molar-refractivity contribution in [1.82, 2.24) is 9.80 Å². The minimum absolute atomic E-state index is 0.0729. The second kappa shape index (κ2) is 6.80. The third kappa shape index (κ3) is 3.33. The highest BCUT2D eigenvalue weighted by Crippen LogP contribution is 2.23. The molecule has 4 heteroatoms. The van der Waals surface area contributed by atoms with Crippen molar-refractivity contribution in [3.63, 3.8) is 0 Å². The number of benzene rings is 1. The van der Waals surface area contributed by atoms with Gasteiger partial charge in [-0.1, -0.05) is 29.8 Å². The molecule has 2 heterocycles. The standard InChI is InChI=1S/C18H27N3O/c1-14-4-6-15(7-5-14)17(19)18(22)21-12-8-16(9-13-21)20-10-2-3-11-20/h4-7,16-17H,2-3,8-13,19H2,1H3. The largest absolute Gasteiger partial charge is 0.341 e. The van der Waals surface area contributed by atoms with Crippen LogP contribution in [0.3, 0.4) is 0 Å². The second-order valence-electron chi connectivity index (χ2n) is 6.69. The molecule has 0 saturated carbocycles. The van der Waals surface area contributed by atoms with Crippen LogP contribution >= 0.6 is 0 Å². The van der Waals surface area contributed by atoms with Crippen LogP contribution in [0.5, 0.6) is 0 Å². The van der Waals surface area contributed by atoms with Crippen molar-refractivity contribution in [2.75, 3.05) is 26.2 Å². The molecule has 0 aliphatic carbocycles. The average Bonchev–Trinajstić information content (AvgIpc) is 3.09. The highest BCUT2D eigenvalue weighted by atomic mass is 16.2. The Morgan fingerprint density at radius 1 is 1.09 bits per heavy atom. The van der Waals surface area contributed by atoms with Crippen LogP contribution in [0.2, 0.25) is 0 Å². The van der Waals surface area contributed by atoms with Gasteiger partial charge in [0.2, 0.25) is 5.91 Å². The molecule has 3 rings (SSSR count). The summed E-state index contributed by atoms with van der Waals surface area (Å²) in [4.78, 5) is 17.2. The first-order valence-corrected chi connectivity index (χ1v) is 8.50. The zero-order valence-corrected chi connectivity index (χ0v) is 13.5. The predicted octanol–water partition coefficient (Wildman–Crippen LogP) is 2.08. The molecule has 0 aromatic heterocycles.